The second-order valence-electron chi connectivity index (χ2n) is 6.76. The maximum atomic E-state index is 13.3. The van der Waals surface area contributed by atoms with Crippen molar-refractivity contribution in [1.29, 1.82) is 5.41 Å². The van der Waals surface area contributed by atoms with Crippen LogP contribution in [0, 0.1) is 11.2 Å². The molecule has 174 valence electrons. The highest BCUT2D eigenvalue weighted by molar-refractivity contribution is 7.18. The third kappa shape index (κ3) is 6.64. The molecule has 0 saturated heterocycles. The fraction of sp³-hybridized carbons (Fsp3) is 0.227. The summed E-state index contributed by atoms with van der Waals surface area (Å²) in [6.45, 7) is 0.920. The van der Waals surface area contributed by atoms with Gasteiger partial charge < -0.3 is 25.4 Å². The third-order valence-corrected chi connectivity index (χ3v) is 5.73. The first-order valence-corrected chi connectivity index (χ1v) is 11.1. The zero-order chi connectivity index (χ0) is 23.8. The maximum Gasteiger partial charge on any atom is 0.280 e. The first-order valence-electron chi connectivity index (χ1n) is 9.89. The van der Waals surface area contributed by atoms with Gasteiger partial charge in [-0.3, -0.25) is 10.2 Å². The van der Waals surface area contributed by atoms with Gasteiger partial charge in [0.1, 0.15) is 28.9 Å². The average molecular weight is 492 g/mol. The molecule has 33 heavy (non-hydrogen) atoms. The minimum atomic E-state index is -0.338. The predicted molar refractivity (Wildman–Crippen MR) is 129 cm³/mol. The van der Waals surface area contributed by atoms with Gasteiger partial charge in [0.2, 0.25) is 0 Å². The first-order chi connectivity index (χ1) is 15.9. The van der Waals surface area contributed by atoms with Crippen LogP contribution in [0.4, 0.5) is 15.1 Å². The molecule has 3 aromatic rings. The molecule has 0 aliphatic heterocycles. The molecule has 1 aromatic heterocycles. The molecule has 11 heteroatoms. The van der Waals surface area contributed by atoms with E-state index >= 15 is 0 Å². The Morgan fingerprint density at radius 1 is 1.27 bits per heavy atom. The fourth-order valence-electron chi connectivity index (χ4n) is 2.79. The van der Waals surface area contributed by atoms with Crippen molar-refractivity contribution in [3.05, 3.63) is 69.6 Å². The Kier molecular flexibility index (Phi) is 8.58. The number of halogens is 2. The summed E-state index contributed by atoms with van der Waals surface area (Å²) in [5, 5.41) is 18.1. The summed E-state index contributed by atoms with van der Waals surface area (Å²) in [5.74, 6) is -0.247. The quantitative estimate of drug-likeness (QED) is 0.190. The Hall–Kier alpha value is -3.21. The maximum absolute atomic E-state index is 13.3. The van der Waals surface area contributed by atoms with Crippen LogP contribution in [0.3, 0.4) is 0 Å². The average Bonchev–Trinajstić information content (AvgIpc) is 3.24. The summed E-state index contributed by atoms with van der Waals surface area (Å²) in [6.07, 6.45) is 0. The van der Waals surface area contributed by atoms with Crippen molar-refractivity contribution in [3.63, 3.8) is 0 Å². The smallest absolute Gasteiger partial charge is 0.280 e. The minimum Gasteiger partial charge on any atom is -0.487 e. The van der Waals surface area contributed by atoms with Crippen LogP contribution in [-0.2, 0) is 11.3 Å². The SMILES string of the molecule is CNc1sc(C(=O)NCCOC)nc1C(=N)Nc1ccc(OCc2cccc(F)c2)c(Cl)c1. The number of nitrogens with zero attached hydrogens (tertiary/aromatic N) is 1. The molecule has 0 fully saturated rings. The van der Waals surface area contributed by atoms with Gasteiger partial charge in [-0.05, 0) is 35.9 Å². The van der Waals surface area contributed by atoms with Crippen LogP contribution in [0.2, 0.25) is 5.02 Å². The van der Waals surface area contributed by atoms with Crippen LogP contribution >= 0.6 is 22.9 Å². The molecule has 1 amide bonds. The minimum absolute atomic E-state index is 0.00367. The lowest BCUT2D eigenvalue weighted by atomic mass is 10.2. The number of carbonyl (C=O) groups excluding carboxylic acids is 1. The highest BCUT2D eigenvalue weighted by atomic mass is 35.5. The highest BCUT2D eigenvalue weighted by Gasteiger charge is 2.19. The first kappa shape index (κ1) is 24.4. The lowest BCUT2D eigenvalue weighted by Crippen LogP contribution is -2.27. The standard InChI is InChI=1S/C22H23ClFN5O3S/c1-26-21-18(29-22(33-21)20(30)27-8-9-31-2)19(25)28-15-6-7-17(16(23)11-15)32-12-13-4-3-5-14(24)10-13/h3-7,10-11,26H,8-9,12H2,1-2H3,(H2,25,28)(H,27,30). The van der Waals surface area contributed by atoms with Crippen molar-refractivity contribution in [3.8, 4) is 5.75 Å². The van der Waals surface area contributed by atoms with Crippen molar-refractivity contribution in [2.45, 2.75) is 6.61 Å². The molecule has 3 rings (SSSR count). The monoisotopic (exact) mass is 491 g/mol. The number of carbonyl (C=O) groups is 1. The lowest BCUT2D eigenvalue weighted by molar-refractivity contribution is 0.0936. The number of anilines is 2. The number of amides is 1. The van der Waals surface area contributed by atoms with Gasteiger partial charge in [0.05, 0.1) is 11.6 Å². The van der Waals surface area contributed by atoms with E-state index in [9.17, 15) is 9.18 Å². The molecule has 2 aromatic carbocycles. The zero-order valence-electron chi connectivity index (χ0n) is 18.0. The molecule has 8 nitrogen and oxygen atoms in total. The zero-order valence-corrected chi connectivity index (χ0v) is 19.6. The van der Waals surface area contributed by atoms with E-state index in [1.807, 2.05) is 0 Å². The van der Waals surface area contributed by atoms with E-state index in [4.69, 9.17) is 26.5 Å². The Labute approximate surface area is 199 Å². The largest absolute Gasteiger partial charge is 0.487 e. The van der Waals surface area contributed by atoms with Crippen LogP contribution in [0.5, 0.6) is 5.75 Å². The van der Waals surface area contributed by atoms with Gasteiger partial charge in [0.25, 0.3) is 5.91 Å². The van der Waals surface area contributed by atoms with E-state index < -0.39 is 0 Å². The number of amidine groups is 1. The van der Waals surface area contributed by atoms with E-state index in [2.05, 4.69) is 20.9 Å². The molecular weight excluding hydrogens is 469 g/mol. The van der Waals surface area contributed by atoms with Gasteiger partial charge in [-0.1, -0.05) is 35.1 Å². The van der Waals surface area contributed by atoms with Crippen LogP contribution in [0.25, 0.3) is 0 Å². The molecular formula is C22H23ClFN5O3S. The number of hydrogen-bond donors (Lipinski definition) is 4. The van der Waals surface area contributed by atoms with E-state index in [1.165, 1.54) is 12.1 Å². The van der Waals surface area contributed by atoms with Gasteiger partial charge in [-0.2, -0.15) is 0 Å². The van der Waals surface area contributed by atoms with E-state index in [0.29, 0.717) is 45.9 Å². The van der Waals surface area contributed by atoms with Crippen molar-refractivity contribution >= 4 is 45.4 Å². The van der Waals surface area contributed by atoms with Crippen molar-refractivity contribution in [2.24, 2.45) is 0 Å². The molecule has 0 radical (unpaired) electrons. The van der Waals surface area contributed by atoms with Gasteiger partial charge in [-0.15, -0.1) is 0 Å². The van der Waals surface area contributed by atoms with Gasteiger partial charge in [0.15, 0.2) is 10.8 Å². The van der Waals surface area contributed by atoms with Gasteiger partial charge >= 0.3 is 0 Å². The molecule has 4 N–H and O–H groups in total. The molecule has 1 heterocycles. The Bertz CT molecular complexity index is 1140. The summed E-state index contributed by atoms with van der Waals surface area (Å²) >= 11 is 7.47. The van der Waals surface area contributed by atoms with Crippen molar-refractivity contribution in [1.82, 2.24) is 10.3 Å². The number of methoxy groups -OCH3 is 1. The lowest BCUT2D eigenvalue weighted by Gasteiger charge is -2.11. The number of ether oxygens (including phenoxy) is 2. The van der Waals surface area contributed by atoms with Crippen molar-refractivity contribution < 1.29 is 18.7 Å². The van der Waals surface area contributed by atoms with Crippen LogP contribution in [-0.4, -0.2) is 44.0 Å². The van der Waals surface area contributed by atoms with E-state index in [0.717, 1.165) is 11.3 Å². The molecule has 0 spiro atoms. The number of hydrogen-bond acceptors (Lipinski definition) is 7. The Morgan fingerprint density at radius 2 is 2.09 bits per heavy atom. The Morgan fingerprint density at radius 3 is 2.79 bits per heavy atom. The second-order valence-corrected chi connectivity index (χ2v) is 8.17. The van der Waals surface area contributed by atoms with Crippen LogP contribution in [0.1, 0.15) is 21.1 Å². The van der Waals surface area contributed by atoms with Crippen molar-refractivity contribution in [2.75, 3.05) is 37.9 Å². The molecule has 0 saturated carbocycles. The van der Waals surface area contributed by atoms with E-state index in [1.54, 1.807) is 44.5 Å². The third-order valence-electron chi connectivity index (χ3n) is 4.36. The molecule has 0 aliphatic carbocycles. The number of nitrogens with one attached hydrogen (secondary N) is 4. The summed E-state index contributed by atoms with van der Waals surface area (Å²) in [5.41, 5.74) is 1.53. The fourth-order valence-corrected chi connectivity index (χ4v) is 3.86. The number of aromatic nitrogens is 1. The summed E-state index contributed by atoms with van der Waals surface area (Å²) in [6, 6.07) is 11.1. The summed E-state index contributed by atoms with van der Waals surface area (Å²) in [4.78, 5) is 16.6. The Balaban J connectivity index is 1.66. The molecule has 0 unspecified atom stereocenters. The number of thiazole rings is 1. The molecule has 0 atom stereocenters. The van der Waals surface area contributed by atoms with Gasteiger partial charge in [0, 0.05) is 26.4 Å². The summed E-state index contributed by atoms with van der Waals surface area (Å²) < 4.78 is 23.9. The molecule has 0 bridgehead atoms. The molecule has 0 aliphatic rings. The van der Waals surface area contributed by atoms with Crippen LogP contribution in [0.15, 0.2) is 42.5 Å². The van der Waals surface area contributed by atoms with Crippen LogP contribution < -0.4 is 20.7 Å². The highest BCUT2D eigenvalue weighted by Crippen LogP contribution is 2.30. The normalized spacial score (nSPS) is 10.5. The predicted octanol–water partition coefficient (Wildman–Crippen LogP) is 4.37. The number of benzene rings is 2. The topological polar surface area (TPSA) is 108 Å². The van der Waals surface area contributed by atoms with E-state index in [-0.39, 0.29) is 29.2 Å². The summed E-state index contributed by atoms with van der Waals surface area (Å²) in [7, 11) is 3.24. The van der Waals surface area contributed by atoms with Gasteiger partial charge in [-0.25, -0.2) is 9.37 Å². The second kappa shape index (κ2) is 11.6. The number of rotatable bonds is 10.